The Morgan fingerprint density at radius 2 is 1.70 bits per heavy atom. The Kier molecular flexibility index (Phi) is 5.04. The van der Waals surface area contributed by atoms with Crippen LogP contribution in [0.1, 0.15) is 52.0 Å². The first-order chi connectivity index (χ1) is 12.7. The number of urea groups is 1. The number of anilines is 1. The zero-order valence-corrected chi connectivity index (χ0v) is 15.9. The third kappa shape index (κ3) is 3.72. The molecule has 1 N–H and O–H groups in total. The lowest BCUT2D eigenvalue weighted by Crippen LogP contribution is -2.41. The summed E-state index contributed by atoms with van der Waals surface area (Å²) in [5.41, 5.74) is 1.40. The molecule has 144 valence electrons. The molecule has 0 spiro atoms. The quantitative estimate of drug-likeness (QED) is 0.651. The van der Waals surface area contributed by atoms with Gasteiger partial charge in [0.15, 0.2) is 0 Å². The van der Waals surface area contributed by atoms with Gasteiger partial charge < -0.3 is 5.32 Å². The molecule has 0 bridgehead atoms. The molecule has 2 fully saturated rings. The highest BCUT2D eigenvalue weighted by Crippen LogP contribution is 2.30. The first kappa shape index (κ1) is 19.1. The largest absolute Gasteiger partial charge is 0.334 e. The molecule has 1 aromatic carbocycles. The van der Waals surface area contributed by atoms with E-state index in [-0.39, 0.29) is 11.5 Å². The van der Waals surface area contributed by atoms with E-state index in [9.17, 15) is 19.2 Å². The van der Waals surface area contributed by atoms with Crippen molar-refractivity contribution in [3.63, 3.8) is 0 Å². The number of rotatable bonds is 4. The van der Waals surface area contributed by atoms with Crippen LogP contribution >= 0.6 is 0 Å². The second kappa shape index (κ2) is 7.13. The fourth-order valence-electron chi connectivity index (χ4n) is 3.73. The molecule has 0 atom stereocenters. The van der Waals surface area contributed by atoms with Gasteiger partial charge in [-0.25, -0.2) is 9.69 Å². The van der Waals surface area contributed by atoms with Crippen LogP contribution in [0.4, 0.5) is 10.5 Å². The number of carbonyl (C=O) groups excluding carboxylic acids is 4. The molecule has 1 saturated carbocycles. The van der Waals surface area contributed by atoms with E-state index >= 15 is 0 Å². The summed E-state index contributed by atoms with van der Waals surface area (Å²) in [6, 6.07) is 6.49. The van der Waals surface area contributed by atoms with Crippen molar-refractivity contribution in [1.29, 1.82) is 0 Å². The lowest BCUT2D eigenvalue weighted by Gasteiger charge is -2.23. The summed E-state index contributed by atoms with van der Waals surface area (Å²) >= 11 is 0. The summed E-state index contributed by atoms with van der Waals surface area (Å²) in [5, 5.41) is 2.77. The van der Waals surface area contributed by atoms with Crippen LogP contribution in [0.2, 0.25) is 0 Å². The number of imide groups is 2. The van der Waals surface area contributed by atoms with Crippen molar-refractivity contribution in [2.75, 3.05) is 11.9 Å². The molecule has 3 rings (SSSR count). The van der Waals surface area contributed by atoms with Crippen LogP contribution in [0.3, 0.4) is 0 Å². The molecule has 7 nitrogen and oxygen atoms in total. The summed E-state index contributed by atoms with van der Waals surface area (Å²) in [4.78, 5) is 51.3. The molecular formula is C20H25N3O4. The van der Waals surface area contributed by atoms with Gasteiger partial charge in [-0.1, -0.05) is 51.8 Å². The average Bonchev–Trinajstić information content (AvgIpc) is 3.18. The maximum absolute atomic E-state index is 12.6. The molecule has 27 heavy (non-hydrogen) atoms. The van der Waals surface area contributed by atoms with E-state index < -0.39 is 30.3 Å². The minimum Gasteiger partial charge on any atom is -0.324 e. The summed E-state index contributed by atoms with van der Waals surface area (Å²) in [6.07, 6.45) is 3.29. The lowest BCUT2D eigenvalue weighted by molar-refractivity contribution is -0.144. The number of hydrogen-bond acceptors (Lipinski definition) is 4. The van der Waals surface area contributed by atoms with Crippen LogP contribution in [0.5, 0.6) is 0 Å². The Morgan fingerprint density at radius 3 is 2.33 bits per heavy atom. The first-order valence-electron chi connectivity index (χ1n) is 9.28. The van der Waals surface area contributed by atoms with Gasteiger partial charge in [-0.3, -0.25) is 19.3 Å². The molecule has 0 aromatic heterocycles. The van der Waals surface area contributed by atoms with Crippen molar-refractivity contribution in [3.8, 4) is 0 Å². The normalized spacial score (nSPS) is 18.6. The van der Waals surface area contributed by atoms with Crippen LogP contribution in [0.25, 0.3) is 0 Å². The molecule has 1 heterocycles. The fourth-order valence-corrected chi connectivity index (χ4v) is 3.73. The van der Waals surface area contributed by atoms with Crippen molar-refractivity contribution >= 4 is 29.4 Å². The summed E-state index contributed by atoms with van der Waals surface area (Å²) in [7, 11) is 0. The molecular weight excluding hydrogens is 346 g/mol. The molecule has 1 aromatic rings. The second-order valence-electron chi connectivity index (χ2n) is 8.13. The highest BCUT2D eigenvalue weighted by Gasteiger charge is 2.48. The van der Waals surface area contributed by atoms with Gasteiger partial charge in [-0.05, 0) is 29.9 Å². The number of nitrogens with zero attached hydrogens (tertiary/aromatic N) is 2. The summed E-state index contributed by atoms with van der Waals surface area (Å²) < 4.78 is 0. The van der Waals surface area contributed by atoms with E-state index in [0.717, 1.165) is 28.2 Å². The highest BCUT2D eigenvalue weighted by molar-refractivity contribution is 6.45. The van der Waals surface area contributed by atoms with Crippen LogP contribution in [0, 0.1) is 0 Å². The third-order valence-corrected chi connectivity index (χ3v) is 5.08. The number of para-hydroxylation sites is 1. The van der Waals surface area contributed by atoms with Gasteiger partial charge in [-0.15, -0.1) is 0 Å². The minimum absolute atomic E-state index is 0.182. The summed E-state index contributed by atoms with van der Waals surface area (Å²) in [5.74, 6) is -2.25. The van der Waals surface area contributed by atoms with Gasteiger partial charge in [0.05, 0.1) is 0 Å². The standard InChI is InChI=1S/C20H25N3O4/c1-20(2,3)14-10-6-7-11-15(14)21-16(24)12-22-17(25)18(26)23(19(22)27)13-8-4-5-9-13/h6-7,10-11,13H,4-5,8-9,12H2,1-3H3,(H,21,24). The van der Waals surface area contributed by atoms with Crippen molar-refractivity contribution < 1.29 is 19.2 Å². The average molecular weight is 371 g/mol. The zero-order valence-electron chi connectivity index (χ0n) is 15.9. The molecule has 0 radical (unpaired) electrons. The zero-order chi connectivity index (χ0) is 19.8. The van der Waals surface area contributed by atoms with Gasteiger partial charge in [0.25, 0.3) is 0 Å². The predicted molar refractivity (Wildman–Crippen MR) is 100.0 cm³/mol. The second-order valence-corrected chi connectivity index (χ2v) is 8.13. The van der Waals surface area contributed by atoms with Crippen LogP contribution < -0.4 is 5.32 Å². The van der Waals surface area contributed by atoms with E-state index in [4.69, 9.17) is 0 Å². The molecule has 1 aliphatic carbocycles. The number of carbonyl (C=O) groups is 4. The monoisotopic (exact) mass is 371 g/mol. The van der Waals surface area contributed by atoms with E-state index in [1.807, 2.05) is 39.0 Å². The Bertz CT molecular complexity index is 791. The van der Waals surface area contributed by atoms with Crippen LogP contribution in [0.15, 0.2) is 24.3 Å². The molecule has 7 heteroatoms. The molecule has 1 saturated heterocycles. The Labute approximate surface area is 158 Å². The number of benzene rings is 1. The van der Waals surface area contributed by atoms with E-state index in [1.54, 1.807) is 6.07 Å². The van der Waals surface area contributed by atoms with Crippen LogP contribution in [-0.4, -0.2) is 46.1 Å². The first-order valence-corrected chi connectivity index (χ1v) is 9.28. The van der Waals surface area contributed by atoms with Gasteiger partial charge in [-0.2, -0.15) is 0 Å². The van der Waals surface area contributed by atoms with Gasteiger partial charge >= 0.3 is 17.8 Å². The predicted octanol–water partition coefficient (Wildman–Crippen LogP) is 2.66. The van der Waals surface area contributed by atoms with Gasteiger partial charge in [0.1, 0.15) is 6.54 Å². The molecule has 5 amide bonds. The van der Waals surface area contributed by atoms with Crippen molar-refractivity contribution in [1.82, 2.24) is 9.80 Å². The van der Waals surface area contributed by atoms with Crippen molar-refractivity contribution in [2.45, 2.75) is 57.9 Å². The number of amides is 5. The van der Waals surface area contributed by atoms with Gasteiger partial charge in [0.2, 0.25) is 5.91 Å². The third-order valence-electron chi connectivity index (χ3n) is 5.08. The van der Waals surface area contributed by atoms with Gasteiger partial charge in [0, 0.05) is 11.7 Å². The molecule has 1 aliphatic heterocycles. The van der Waals surface area contributed by atoms with Crippen LogP contribution in [-0.2, 0) is 19.8 Å². The van der Waals surface area contributed by atoms with E-state index in [1.165, 1.54) is 0 Å². The Balaban J connectivity index is 1.72. The number of hydrogen-bond donors (Lipinski definition) is 1. The SMILES string of the molecule is CC(C)(C)c1ccccc1NC(=O)CN1C(=O)C(=O)N(C2CCCC2)C1=O. The fraction of sp³-hybridized carbons (Fsp3) is 0.500. The Hall–Kier alpha value is -2.70. The summed E-state index contributed by atoms with van der Waals surface area (Å²) in [6.45, 7) is 5.63. The van der Waals surface area contributed by atoms with E-state index in [2.05, 4.69) is 5.32 Å². The number of nitrogens with one attached hydrogen (secondary N) is 1. The van der Waals surface area contributed by atoms with E-state index in [0.29, 0.717) is 18.5 Å². The lowest BCUT2D eigenvalue weighted by atomic mass is 9.86. The molecule has 0 unspecified atom stereocenters. The Morgan fingerprint density at radius 1 is 1.07 bits per heavy atom. The van der Waals surface area contributed by atoms with Crippen molar-refractivity contribution in [3.05, 3.63) is 29.8 Å². The topological polar surface area (TPSA) is 86.8 Å². The molecule has 2 aliphatic rings. The minimum atomic E-state index is -0.925. The smallest absolute Gasteiger partial charge is 0.324 e. The maximum atomic E-state index is 12.6. The van der Waals surface area contributed by atoms with Crippen molar-refractivity contribution in [2.24, 2.45) is 0 Å². The maximum Gasteiger partial charge on any atom is 0.334 e. The highest BCUT2D eigenvalue weighted by atomic mass is 16.2.